The van der Waals surface area contributed by atoms with Gasteiger partial charge in [-0.3, -0.25) is 9.13 Å². The molecule has 0 aromatic carbocycles. The Labute approximate surface area is 96.8 Å². The predicted molar refractivity (Wildman–Crippen MR) is 46.5 cm³/mol. The van der Waals surface area contributed by atoms with Crippen molar-refractivity contribution in [1.82, 2.24) is 0 Å². The van der Waals surface area contributed by atoms with Crippen molar-refractivity contribution in [3.63, 3.8) is 0 Å². The van der Waals surface area contributed by atoms with Crippen molar-refractivity contribution in [2.45, 2.75) is 18.4 Å². The molecule has 0 atom stereocenters. The normalized spacial score (nSPS) is 13.7. The van der Waals surface area contributed by atoms with Crippen LogP contribution in [0.1, 0.15) is 13.3 Å². The Bertz CT molecular complexity index is 230. The quantitative estimate of drug-likeness (QED) is 0.309. The molecular weight excluding hydrogens is 233 g/mol. The Morgan fingerprint density at radius 1 is 1.08 bits per heavy atom. The molecule has 0 aromatic heterocycles. The van der Waals surface area contributed by atoms with E-state index in [1.807, 2.05) is 0 Å². The summed E-state index contributed by atoms with van der Waals surface area (Å²) in [6.45, 7) is 1.07. The van der Waals surface area contributed by atoms with Crippen LogP contribution in [0, 0.1) is 0 Å². The Kier molecular flexibility index (Phi) is 6.23. The SMILES string of the molecule is CCC(O)(P(=O)(O)O)P(=O)(O)O.[NaH]. The van der Waals surface area contributed by atoms with E-state index in [2.05, 4.69) is 0 Å². The van der Waals surface area contributed by atoms with E-state index in [4.69, 9.17) is 24.7 Å². The van der Waals surface area contributed by atoms with Crippen molar-refractivity contribution < 1.29 is 33.8 Å². The average molecular weight is 244 g/mol. The first-order chi connectivity index (χ1) is 5.06. The predicted octanol–water partition coefficient (Wildman–Crippen LogP) is -1.25. The van der Waals surface area contributed by atoms with Crippen LogP contribution < -0.4 is 0 Å². The summed E-state index contributed by atoms with van der Waals surface area (Å²) in [6.07, 6.45) is -0.721. The molecular formula is C3H11NaO7P2. The van der Waals surface area contributed by atoms with Crippen molar-refractivity contribution in [2.75, 3.05) is 0 Å². The molecule has 0 amide bonds. The third-order valence-electron chi connectivity index (χ3n) is 1.41. The van der Waals surface area contributed by atoms with Crippen molar-refractivity contribution in [1.29, 1.82) is 0 Å². The molecule has 0 saturated carbocycles. The molecule has 5 N–H and O–H groups in total. The van der Waals surface area contributed by atoms with Crippen molar-refractivity contribution >= 4 is 44.7 Å². The van der Waals surface area contributed by atoms with Gasteiger partial charge in [-0.15, -0.1) is 0 Å². The number of hydrogen-bond acceptors (Lipinski definition) is 3. The van der Waals surface area contributed by atoms with E-state index >= 15 is 0 Å². The first-order valence-electron chi connectivity index (χ1n) is 2.90. The molecule has 0 spiro atoms. The van der Waals surface area contributed by atoms with E-state index in [1.165, 1.54) is 0 Å². The number of aliphatic hydroxyl groups is 1. The molecule has 0 aliphatic heterocycles. The van der Waals surface area contributed by atoms with Gasteiger partial charge in [0.1, 0.15) is 0 Å². The third kappa shape index (κ3) is 3.39. The van der Waals surface area contributed by atoms with Gasteiger partial charge in [0.25, 0.3) is 5.08 Å². The van der Waals surface area contributed by atoms with Crippen molar-refractivity contribution in [3.05, 3.63) is 0 Å². The summed E-state index contributed by atoms with van der Waals surface area (Å²) in [7, 11) is -10.4. The fourth-order valence-corrected chi connectivity index (χ4v) is 2.76. The Morgan fingerprint density at radius 3 is 1.31 bits per heavy atom. The molecule has 0 bridgehead atoms. The first kappa shape index (κ1) is 16.7. The van der Waals surface area contributed by atoms with Crippen LogP contribution in [0.3, 0.4) is 0 Å². The van der Waals surface area contributed by atoms with Gasteiger partial charge in [-0.05, 0) is 6.42 Å². The standard InChI is InChI=1S/C3H10O7P2.Na.H/c1-2-3(4,11(5,6)7)12(8,9)10;;/h4H,2H2,1H3,(H2,5,6,7)(H2,8,9,10);;. The maximum atomic E-state index is 10.5. The van der Waals surface area contributed by atoms with Crippen molar-refractivity contribution in [3.8, 4) is 0 Å². The van der Waals surface area contributed by atoms with Gasteiger partial charge in [-0.1, -0.05) is 6.92 Å². The molecule has 0 unspecified atom stereocenters. The van der Waals surface area contributed by atoms with Crippen LogP contribution in [-0.4, -0.2) is 59.3 Å². The fourth-order valence-electron chi connectivity index (χ4n) is 0.582. The van der Waals surface area contributed by atoms with Crippen LogP contribution in [0.15, 0.2) is 0 Å². The Hall–Kier alpha value is 1.26. The number of rotatable bonds is 3. The molecule has 0 fully saturated rings. The van der Waals surface area contributed by atoms with Crippen LogP contribution in [-0.2, 0) is 9.13 Å². The fraction of sp³-hybridized carbons (Fsp3) is 1.00. The van der Waals surface area contributed by atoms with Crippen LogP contribution in [0.5, 0.6) is 0 Å². The van der Waals surface area contributed by atoms with Gasteiger partial charge in [-0.2, -0.15) is 0 Å². The summed E-state index contributed by atoms with van der Waals surface area (Å²) in [6, 6.07) is 0. The monoisotopic (exact) mass is 244 g/mol. The van der Waals surface area contributed by atoms with Gasteiger partial charge >= 0.3 is 44.7 Å². The van der Waals surface area contributed by atoms with Crippen LogP contribution in [0.2, 0.25) is 0 Å². The second-order valence-electron chi connectivity index (χ2n) is 2.22. The van der Waals surface area contributed by atoms with Gasteiger partial charge < -0.3 is 24.7 Å². The van der Waals surface area contributed by atoms with E-state index in [0.717, 1.165) is 6.92 Å². The van der Waals surface area contributed by atoms with Crippen LogP contribution in [0.4, 0.5) is 0 Å². The van der Waals surface area contributed by atoms with Crippen LogP contribution >= 0.6 is 15.2 Å². The van der Waals surface area contributed by atoms with Gasteiger partial charge in [0, 0.05) is 0 Å². The van der Waals surface area contributed by atoms with E-state index in [9.17, 15) is 9.13 Å². The van der Waals surface area contributed by atoms with Crippen molar-refractivity contribution in [2.24, 2.45) is 0 Å². The number of hydrogen-bond donors (Lipinski definition) is 5. The summed E-state index contributed by atoms with van der Waals surface area (Å²) in [5.74, 6) is 0. The summed E-state index contributed by atoms with van der Waals surface area (Å²) in [4.78, 5) is 33.8. The van der Waals surface area contributed by atoms with E-state index in [0.29, 0.717) is 0 Å². The van der Waals surface area contributed by atoms with Gasteiger partial charge in [0.2, 0.25) is 0 Å². The van der Waals surface area contributed by atoms with E-state index < -0.39 is 26.7 Å². The topological polar surface area (TPSA) is 135 Å². The molecule has 0 aliphatic carbocycles. The molecule has 13 heavy (non-hydrogen) atoms. The third-order valence-corrected chi connectivity index (χ3v) is 5.47. The zero-order valence-corrected chi connectivity index (χ0v) is 7.94. The minimum absolute atomic E-state index is 0. The molecule has 10 heteroatoms. The minimum atomic E-state index is -5.22. The van der Waals surface area contributed by atoms with Gasteiger partial charge in [-0.25, -0.2) is 0 Å². The summed E-state index contributed by atoms with van der Waals surface area (Å²) < 4.78 is 21.0. The molecule has 0 rings (SSSR count). The Morgan fingerprint density at radius 2 is 1.31 bits per heavy atom. The summed E-state index contributed by atoms with van der Waals surface area (Å²) >= 11 is 0. The second kappa shape index (κ2) is 4.86. The summed E-state index contributed by atoms with van der Waals surface area (Å²) in [5.41, 5.74) is 0. The molecule has 7 nitrogen and oxygen atoms in total. The second-order valence-corrected chi connectivity index (χ2v) is 6.22. The zero-order chi connectivity index (χ0) is 10.2. The van der Waals surface area contributed by atoms with Gasteiger partial charge in [0.15, 0.2) is 0 Å². The average Bonchev–Trinajstić information content (AvgIpc) is 1.81. The molecule has 0 aromatic rings. The molecule has 76 valence electrons. The van der Waals surface area contributed by atoms with Gasteiger partial charge in [0.05, 0.1) is 0 Å². The molecule has 0 radical (unpaired) electrons. The first-order valence-corrected chi connectivity index (χ1v) is 6.12. The molecule has 0 saturated heterocycles. The maximum absolute atomic E-state index is 10.5. The van der Waals surface area contributed by atoms with Crippen LogP contribution in [0.25, 0.3) is 0 Å². The zero-order valence-electron chi connectivity index (χ0n) is 6.15. The van der Waals surface area contributed by atoms with E-state index in [1.54, 1.807) is 0 Å². The Balaban J connectivity index is 0. The molecule has 0 aliphatic rings. The molecule has 0 heterocycles. The summed E-state index contributed by atoms with van der Waals surface area (Å²) in [5, 5.41) is 5.72. The van der Waals surface area contributed by atoms with E-state index in [-0.39, 0.29) is 29.6 Å².